The van der Waals surface area contributed by atoms with E-state index in [0.717, 1.165) is 42.6 Å². The van der Waals surface area contributed by atoms with Gasteiger partial charge in [-0.15, -0.1) is 0 Å². The fraction of sp³-hybridized carbons (Fsp3) is 0.538. The van der Waals surface area contributed by atoms with Crippen molar-refractivity contribution in [2.24, 2.45) is 0 Å². The van der Waals surface area contributed by atoms with E-state index in [2.05, 4.69) is 40.1 Å². The number of hydrogen-bond donors (Lipinski definition) is 1. The molecule has 0 unspecified atom stereocenters. The number of hydrogen-bond acceptors (Lipinski definition) is 2. The summed E-state index contributed by atoms with van der Waals surface area (Å²) in [6.45, 7) is 5.93. The summed E-state index contributed by atoms with van der Waals surface area (Å²) >= 11 is 3.36. The van der Waals surface area contributed by atoms with Crippen LogP contribution in [0.3, 0.4) is 0 Å². The molecular weight excluding hydrogens is 283 g/mol. The number of rotatable bonds is 7. The van der Waals surface area contributed by atoms with E-state index in [9.17, 15) is 4.39 Å². The summed E-state index contributed by atoms with van der Waals surface area (Å²) in [5.74, 6) is -0.117. The first-order valence-electron chi connectivity index (χ1n) is 5.96. The van der Waals surface area contributed by atoms with E-state index in [0.29, 0.717) is 0 Å². The number of benzene rings is 1. The van der Waals surface area contributed by atoms with Gasteiger partial charge in [0.1, 0.15) is 5.82 Å². The van der Waals surface area contributed by atoms with Crippen molar-refractivity contribution in [2.45, 2.75) is 13.3 Å². The van der Waals surface area contributed by atoms with Crippen LogP contribution in [0.2, 0.25) is 0 Å². The highest BCUT2D eigenvalue weighted by Gasteiger charge is 2.04. The van der Waals surface area contributed by atoms with Gasteiger partial charge in [-0.1, -0.05) is 22.9 Å². The van der Waals surface area contributed by atoms with E-state index in [1.807, 2.05) is 6.07 Å². The molecule has 0 aliphatic rings. The summed E-state index contributed by atoms with van der Waals surface area (Å²) < 4.78 is 14.4. The van der Waals surface area contributed by atoms with Crippen molar-refractivity contribution in [3.8, 4) is 0 Å². The van der Waals surface area contributed by atoms with Crippen molar-refractivity contribution in [3.05, 3.63) is 34.1 Å². The lowest BCUT2D eigenvalue weighted by molar-refractivity contribution is 0.335. The maximum absolute atomic E-state index is 13.5. The average molecular weight is 303 g/mol. The van der Waals surface area contributed by atoms with Crippen LogP contribution in [-0.4, -0.2) is 38.1 Å². The lowest BCUT2D eigenvalue weighted by Crippen LogP contribution is -2.30. The third kappa shape index (κ3) is 5.61. The summed E-state index contributed by atoms with van der Waals surface area (Å²) in [7, 11) is 2.06. The molecule has 0 saturated carbocycles. The van der Waals surface area contributed by atoms with Crippen LogP contribution in [0.15, 0.2) is 22.7 Å². The zero-order valence-corrected chi connectivity index (χ0v) is 12.1. The van der Waals surface area contributed by atoms with Crippen LogP contribution in [-0.2, 0) is 6.42 Å². The van der Waals surface area contributed by atoms with E-state index in [1.165, 1.54) is 6.07 Å². The molecule has 0 fully saturated rings. The Morgan fingerprint density at radius 3 is 2.82 bits per heavy atom. The molecule has 0 bridgehead atoms. The van der Waals surface area contributed by atoms with Gasteiger partial charge in [0.25, 0.3) is 0 Å². The fourth-order valence-electron chi connectivity index (χ4n) is 1.60. The van der Waals surface area contributed by atoms with E-state index in [-0.39, 0.29) is 5.82 Å². The van der Waals surface area contributed by atoms with Gasteiger partial charge in [0.05, 0.1) is 0 Å². The average Bonchev–Trinajstić information content (AvgIpc) is 2.31. The van der Waals surface area contributed by atoms with Crippen molar-refractivity contribution in [3.63, 3.8) is 0 Å². The van der Waals surface area contributed by atoms with Gasteiger partial charge in [0.15, 0.2) is 0 Å². The Hall–Kier alpha value is -0.450. The first-order valence-corrected chi connectivity index (χ1v) is 6.76. The predicted molar refractivity (Wildman–Crippen MR) is 73.8 cm³/mol. The minimum atomic E-state index is -0.117. The van der Waals surface area contributed by atoms with E-state index < -0.39 is 0 Å². The Morgan fingerprint density at radius 2 is 2.12 bits per heavy atom. The Bertz CT molecular complexity index is 344. The van der Waals surface area contributed by atoms with Gasteiger partial charge in [0.2, 0.25) is 0 Å². The molecule has 2 nitrogen and oxygen atoms in total. The second kappa shape index (κ2) is 7.80. The predicted octanol–water partition coefficient (Wildman–Crippen LogP) is 2.67. The third-order valence-corrected chi connectivity index (χ3v) is 3.18. The molecular formula is C13H20BrFN2. The lowest BCUT2D eigenvalue weighted by atomic mass is 10.1. The van der Waals surface area contributed by atoms with E-state index >= 15 is 0 Å². The number of nitrogens with one attached hydrogen (secondary N) is 1. The molecule has 0 atom stereocenters. The maximum atomic E-state index is 13.5. The zero-order valence-electron chi connectivity index (χ0n) is 10.5. The van der Waals surface area contributed by atoms with Crippen molar-refractivity contribution in [1.82, 2.24) is 10.2 Å². The van der Waals surface area contributed by atoms with Crippen LogP contribution in [0.1, 0.15) is 12.5 Å². The number of halogens is 2. The van der Waals surface area contributed by atoms with Gasteiger partial charge < -0.3 is 10.2 Å². The first kappa shape index (κ1) is 14.6. The normalized spacial score (nSPS) is 11.1. The maximum Gasteiger partial charge on any atom is 0.126 e. The molecule has 0 saturated heterocycles. The van der Waals surface area contributed by atoms with Crippen molar-refractivity contribution in [2.75, 3.05) is 33.2 Å². The van der Waals surface area contributed by atoms with Gasteiger partial charge >= 0.3 is 0 Å². The SMILES string of the molecule is CCNCCN(C)CCc1cc(Br)ccc1F. The third-order valence-electron chi connectivity index (χ3n) is 2.69. The molecule has 96 valence electrons. The molecule has 1 aromatic carbocycles. The van der Waals surface area contributed by atoms with Crippen LogP contribution < -0.4 is 5.32 Å². The molecule has 0 amide bonds. The topological polar surface area (TPSA) is 15.3 Å². The highest BCUT2D eigenvalue weighted by atomic mass is 79.9. The number of nitrogens with zero attached hydrogens (tertiary/aromatic N) is 1. The quantitative estimate of drug-likeness (QED) is 0.779. The standard InChI is InChI=1S/C13H20BrFN2/c1-3-16-7-9-17(2)8-6-11-10-12(14)4-5-13(11)15/h4-5,10,16H,3,6-9H2,1-2H3. The molecule has 17 heavy (non-hydrogen) atoms. The van der Waals surface area contributed by atoms with Gasteiger partial charge in [-0.05, 0) is 43.8 Å². The second-order valence-electron chi connectivity index (χ2n) is 4.14. The summed E-state index contributed by atoms with van der Waals surface area (Å²) in [5, 5.41) is 3.27. The monoisotopic (exact) mass is 302 g/mol. The summed E-state index contributed by atoms with van der Waals surface area (Å²) in [4.78, 5) is 2.21. The lowest BCUT2D eigenvalue weighted by Gasteiger charge is -2.16. The van der Waals surface area contributed by atoms with Crippen LogP contribution in [0.25, 0.3) is 0 Å². The van der Waals surface area contributed by atoms with Gasteiger partial charge in [-0.2, -0.15) is 0 Å². The van der Waals surface area contributed by atoms with Crippen LogP contribution in [0.4, 0.5) is 4.39 Å². The second-order valence-corrected chi connectivity index (χ2v) is 5.06. The van der Waals surface area contributed by atoms with Crippen LogP contribution in [0, 0.1) is 5.82 Å². The Morgan fingerprint density at radius 1 is 1.35 bits per heavy atom. The summed E-state index contributed by atoms with van der Waals surface area (Å²) in [6, 6.07) is 5.10. The van der Waals surface area contributed by atoms with Gasteiger partial charge in [0, 0.05) is 24.1 Å². The Balaban J connectivity index is 2.36. The van der Waals surface area contributed by atoms with E-state index in [4.69, 9.17) is 0 Å². The zero-order chi connectivity index (χ0) is 12.7. The molecule has 1 aromatic rings. The summed E-state index contributed by atoms with van der Waals surface area (Å²) in [6.07, 6.45) is 0.744. The van der Waals surface area contributed by atoms with Crippen molar-refractivity contribution in [1.29, 1.82) is 0 Å². The van der Waals surface area contributed by atoms with Gasteiger partial charge in [-0.25, -0.2) is 4.39 Å². The van der Waals surface area contributed by atoms with Crippen LogP contribution >= 0.6 is 15.9 Å². The van der Waals surface area contributed by atoms with Crippen LogP contribution in [0.5, 0.6) is 0 Å². The largest absolute Gasteiger partial charge is 0.316 e. The minimum absolute atomic E-state index is 0.117. The Kier molecular flexibility index (Phi) is 6.70. The van der Waals surface area contributed by atoms with E-state index in [1.54, 1.807) is 6.07 Å². The fourth-order valence-corrected chi connectivity index (χ4v) is 2.01. The molecule has 0 aliphatic carbocycles. The molecule has 0 heterocycles. The van der Waals surface area contributed by atoms with Crippen molar-refractivity contribution < 1.29 is 4.39 Å². The molecule has 1 rings (SSSR count). The smallest absolute Gasteiger partial charge is 0.126 e. The molecule has 0 aliphatic heterocycles. The summed E-state index contributed by atoms with van der Waals surface area (Å²) in [5.41, 5.74) is 0.773. The number of likely N-dealkylation sites (N-methyl/N-ethyl adjacent to an activating group) is 2. The highest BCUT2D eigenvalue weighted by Crippen LogP contribution is 2.16. The molecule has 4 heteroatoms. The Labute approximate surface area is 111 Å². The first-order chi connectivity index (χ1) is 8.13. The highest BCUT2D eigenvalue weighted by molar-refractivity contribution is 9.10. The molecule has 0 aromatic heterocycles. The van der Waals surface area contributed by atoms with Crippen molar-refractivity contribution >= 4 is 15.9 Å². The van der Waals surface area contributed by atoms with Gasteiger partial charge in [-0.3, -0.25) is 0 Å². The molecule has 0 spiro atoms. The minimum Gasteiger partial charge on any atom is -0.316 e. The molecule has 1 N–H and O–H groups in total. The molecule has 0 radical (unpaired) electrons.